The van der Waals surface area contributed by atoms with Crippen LogP contribution in [0.15, 0.2) is 30.3 Å². The van der Waals surface area contributed by atoms with E-state index in [9.17, 15) is 29.1 Å². The van der Waals surface area contributed by atoms with Crippen LogP contribution in [0.1, 0.15) is 50.5 Å². The molecule has 212 valence electrons. The fourth-order valence-corrected chi connectivity index (χ4v) is 3.69. The molecule has 12 N–H and O–H groups in total. The van der Waals surface area contributed by atoms with Gasteiger partial charge in [0, 0.05) is 6.42 Å². The summed E-state index contributed by atoms with van der Waals surface area (Å²) in [6, 6.07) is 3.97. The highest BCUT2D eigenvalue weighted by Crippen LogP contribution is 2.07. The topological polar surface area (TPSA) is 246 Å². The summed E-state index contributed by atoms with van der Waals surface area (Å²) in [6.07, 6.45) is 2.44. The monoisotopic (exact) mass is 535 g/mol. The number of carbonyl (C=O) groups excluding carboxylic acids is 4. The molecule has 1 rings (SSSR count). The fourth-order valence-electron chi connectivity index (χ4n) is 3.69. The van der Waals surface area contributed by atoms with Gasteiger partial charge in [-0.25, -0.2) is 4.79 Å². The fraction of sp³-hybridized carbons (Fsp3) is 0.560. The Morgan fingerprint density at radius 2 is 1.26 bits per heavy atom. The van der Waals surface area contributed by atoms with E-state index in [0.717, 1.165) is 0 Å². The number of nitrogens with two attached hydrogens (primary N) is 4. The molecule has 13 heteroatoms. The van der Waals surface area contributed by atoms with Gasteiger partial charge in [-0.3, -0.25) is 19.2 Å². The molecule has 0 spiro atoms. The summed E-state index contributed by atoms with van der Waals surface area (Å²) in [5.74, 6) is -4.35. The zero-order chi connectivity index (χ0) is 28.5. The molecule has 0 bridgehead atoms. The third-order valence-electron chi connectivity index (χ3n) is 5.82. The number of primary amides is 1. The van der Waals surface area contributed by atoms with Gasteiger partial charge < -0.3 is 44.0 Å². The van der Waals surface area contributed by atoms with Gasteiger partial charge in [-0.2, -0.15) is 0 Å². The maximum atomic E-state index is 13.1. The quantitative estimate of drug-likeness (QED) is 0.0932. The normalized spacial score (nSPS) is 14.0. The summed E-state index contributed by atoms with van der Waals surface area (Å²) in [5, 5.41) is 17.0. The molecule has 13 nitrogen and oxygen atoms in total. The number of hydrogen-bond donors (Lipinski definition) is 8. The Morgan fingerprint density at radius 3 is 1.82 bits per heavy atom. The van der Waals surface area contributed by atoms with Gasteiger partial charge in [-0.05, 0) is 50.8 Å². The number of nitrogens with one attached hydrogen (secondary N) is 3. The Hall–Kier alpha value is -3.55. The third kappa shape index (κ3) is 12.6. The maximum Gasteiger partial charge on any atom is 0.326 e. The van der Waals surface area contributed by atoms with Crippen LogP contribution in [0, 0.1) is 0 Å². The Morgan fingerprint density at radius 1 is 0.737 bits per heavy atom. The SMILES string of the molecule is NCCCCC(N)C(=O)NC(CCCCN)C(=O)NC(CC(N)=O)C(=O)NC(Cc1ccccc1)C(=O)O. The minimum absolute atomic E-state index is 0.0149. The minimum atomic E-state index is -1.45. The zero-order valence-corrected chi connectivity index (χ0v) is 21.6. The van der Waals surface area contributed by atoms with Crippen molar-refractivity contribution in [2.75, 3.05) is 13.1 Å². The number of carbonyl (C=O) groups is 5. The second kappa shape index (κ2) is 17.8. The Kier molecular flexibility index (Phi) is 15.2. The summed E-state index contributed by atoms with van der Waals surface area (Å²) in [4.78, 5) is 62.0. The molecule has 0 radical (unpaired) electrons. The van der Waals surface area contributed by atoms with Crippen molar-refractivity contribution in [3.8, 4) is 0 Å². The van der Waals surface area contributed by atoms with Crippen LogP contribution in [0.4, 0.5) is 0 Å². The molecule has 0 aliphatic heterocycles. The predicted octanol–water partition coefficient (Wildman–Crippen LogP) is -1.77. The Bertz CT molecular complexity index is 915. The largest absolute Gasteiger partial charge is 0.480 e. The van der Waals surface area contributed by atoms with Crippen LogP contribution in [-0.2, 0) is 30.4 Å². The van der Waals surface area contributed by atoms with E-state index in [1.165, 1.54) is 0 Å². The summed E-state index contributed by atoms with van der Waals surface area (Å²) < 4.78 is 0. The van der Waals surface area contributed by atoms with Crippen LogP contribution < -0.4 is 38.9 Å². The molecule has 0 aliphatic rings. The number of unbranched alkanes of at least 4 members (excludes halogenated alkanes) is 2. The van der Waals surface area contributed by atoms with Crippen LogP contribution in [0.3, 0.4) is 0 Å². The van der Waals surface area contributed by atoms with Crippen molar-refractivity contribution >= 4 is 29.6 Å². The molecule has 0 saturated heterocycles. The molecular formula is C25H41N7O6. The van der Waals surface area contributed by atoms with Crippen molar-refractivity contribution in [1.29, 1.82) is 0 Å². The molecule has 0 aliphatic carbocycles. The summed E-state index contributed by atoms with van der Waals surface area (Å²) in [5.41, 5.74) is 22.9. The Balaban J connectivity index is 2.97. The summed E-state index contributed by atoms with van der Waals surface area (Å²) in [7, 11) is 0. The summed E-state index contributed by atoms with van der Waals surface area (Å²) >= 11 is 0. The van der Waals surface area contributed by atoms with E-state index in [-0.39, 0.29) is 12.8 Å². The van der Waals surface area contributed by atoms with Crippen molar-refractivity contribution in [3.63, 3.8) is 0 Å². The molecular weight excluding hydrogens is 494 g/mol. The van der Waals surface area contributed by atoms with Gasteiger partial charge in [0.15, 0.2) is 0 Å². The van der Waals surface area contributed by atoms with E-state index in [1.807, 2.05) is 0 Å². The summed E-state index contributed by atoms with van der Waals surface area (Å²) in [6.45, 7) is 0.849. The van der Waals surface area contributed by atoms with E-state index in [2.05, 4.69) is 16.0 Å². The molecule has 1 aromatic carbocycles. The third-order valence-corrected chi connectivity index (χ3v) is 5.82. The standard InChI is InChI=1S/C25H41N7O6/c26-12-6-4-10-17(28)22(34)30-18(11-5-7-13-27)23(35)31-19(15-21(29)33)24(36)32-20(25(37)38)14-16-8-2-1-3-9-16/h1-3,8-9,17-20H,4-7,10-15,26-28H2,(H2,29,33)(H,30,34)(H,31,35)(H,32,36)(H,37,38). The number of amides is 4. The number of benzene rings is 1. The van der Waals surface area contributed by atoms with E-state index in [0.29, 0.717) is 50.8 Å². The van der Waals surface area contributed by atoms with Crippen molar-refractivity contribution in [3.05, 3.63) is 35.9 Å². The average Bonchev–Trinajstić information content (AvgIpc) is 2.87. The highest BCUT2D eigenvalue weighted by atomic mass is 16.4. The van der Waals surface area contributed by atoms with Gasteiger partial charge in [0.05, 0.1) is 12.5 Å². The zero-order valence-electron chi connectivity index (χ0n) is 21.6. The number of rotatable bonds is 19. The smallest absolute Gasteiger partial charge is 0.326 e. The van der Waals surface area contributed by atoms with Crippen molar-refractivity contribution < 1.29 is 29.1 Å². The number of carboxylic acid groups (broad SMARTS) is 1. The van der Waals surface area contributed by atoms with Gasteiger partial charge in [-0.15, -0.1) is 0 Å². The minimum Gasteiger partial charge on any atom is -0.480 e. The first-order chi connectivity index (χ1) is 18.1. The van der Waals surface area contributed by atoms with E-state index >= 15 is 0 Å². The van der Waals surface area contributed by atoms with Crippen molar-refractivity contribution in [1.82, 2.24) is 16.0 Å². The van der Waals surface area contributed by atoms with Crippen LogP contribution in [-0.4, -0.2) is 72.0 Å². The van der Waals surface area contributed by atoms with Crippen molar-refractivity contribution in [2.45, 2.75) is 75.5 Å². The van der Waals surface area contributed by atoms with Crippen LogP contribution in [0.2, 0.25) is 0 Å². The first-order valence-corrected chi connectivity index (χ1v) is 12.7. The number of hydrogen-bond acceptors (Lipinski definition) is 8. The molecule has 1 aromatic rings. The molecule has 0 aromatic heterocycles. The van der Waals surface area contributed by atoms with E-state index in [4.69, 9.17) is 22.9 Å². The first kappa shape index (κ1) is 32.5. The number of carboxylic acids is 1. The van der Waals surface area contributed by atoms with E-state index < -0.39 is 60.2 Å². The van der Waals surface area contributed by atoms with Gasteiger partial charge in [0.25, 0.3) is 0 Å². The Labute approximate surface area is 222 Å². The maximum absolute atomic E-state index is 13.1. The van der Waals surface area contributed by atoms with Crippen LogP contribution in [0.25, 0.3) is 0 Å². The molecule has 38 heavy (non-hydrogen) atoms. The lowest BCUT2D eigenvalue weighted by Gasteiger charge is -2.25. The van der Waals surface area contributed by atoms with Gasteiger partial charge in [0.1, 0.15) is 18.1 Å². The number of aliphatic carboxylic acids is 1. The van der Waals surface area contributed by atoms with Crippen LogP contribution >= 0.6 is 0 Å². The molecule has 4 amide bonds. The van der Waals surface area contributed by atoms with Crippen LogP contribution in [0.5, 0.6) is 0 Å². The lowest BCUT2D eigenvalue weighted by Crippen LogP contribution is -2.58. The molecule has 0 saturated carbocycles. The van der Waals surface area contributed by atoms with Gasteiger partial charge in [0.2, 0.25) is 23.6 Å². The molecule has 0 heterocycles. The van der Waals surface area contributed by atoms with Gasteiger partial charge in [-0.1, -0.05) is 36.8 Å². The highest BCUT2D eigenvalue weighted by molar-refractivity contribution is 5.96. The van der Waals surface area contributed by atoms with E-state index in [1.54, 1.807) is 30.3 Å². The lowest BCUT2D eigenvalue weighted by molar-refractivity contribution is -0.142. The molecule has 4 unspecified atom stereocenters. The van der Waals surface area contributed by atoms with Gasteiger partial charge >= 0.3 is 5.97 Å². The van der Waals surface area contributed by atoms with Crippen molar-refractivity contribution in [2.24, 2.45) is 22.9 Å². The highest BCUT2D eigenvalue weighted by Gasteiger charge is 2.31. The predicted molar refractivity (Wildman–Crippen MR) is 141 cm³/mol. The second-order valence-electron chi connectivity index (χ2n) is 9.06. The lowest BCUT2D eigenvalue weighted by atomic mass is 10.0. The second-order valence-corrected chi connectivity index (χ2v) is 9.06. The first-order valence-electron chi connectivity index (χ1n) is 12.7. The average molecular weight is 536 g/mol. The molecule has 4 atom stereocenters. The molecule has 0 fully saturated rings.